The number of imidazole rings is 1. The second-order valence-corrected chi connectivity index (χ2v) is 4.46. The van der Waals surface area contributed by atoms with Crippen LogP contribution in [0.5, 0.6) is 0 Å². The average Bonchev–Trinajstić information content (AvgIpc) is 2.82. The predicted octanol–water partition coefficient (Wildman–Crippen LogP) is 3.47. The van der Waals surface area contributed by atoms with E-state index in [1.807, 2.05) is 43.7 Å². The average molecular weight is 258 g/mol. The van der Waals surface area contributed by atoms with Crippen molar-refractivity contribution >= 4 is 22.6 Å². The van der Waals surface area contributed by atoms with Gasteiger partial charge in [0.15, 0.2) is 0 Å². The minimum atomic E-state index is 0.440. The Labute approximate surface area is 110 Å². The van der Waals surface area contributed by atoms with Crippen molar-refractivity contribution in [3.05, 3.63) is 54.1 Å². The highest BCUT2D eigenvalue weighted by Gasteiger charge is 2.08. The van der Waals surface area contributed by atoms with Gasteiger partial charge in [0, 0.05) is 17.5 Å². The van der Waals surface area contributed by atoms with Gasteiger partial charge in [0.25, 0.3) is 0 Å². The number of halogens is 1. The van der Waals surface area contributed by atoms with E-state index in [9.17, 15) is 0 Å². The molecule has 90 valence electrons. The Morgan fingerprint density at radius 3 is 2.89 bits per heavy atom. The number of fused-ring (bicyclic) bond motifs is 1. The molecule has 0 N–H and O–H groups in total. The maximum absolute atomic E-state index is 5.98. The van der Waals surface area contributed by atoms with Crippen molar-refractivity contribution in [2.45, 2.75) is 12.8 Å². The van der Waals surface area contributed by atoms with Gasteiger partial charge in [-0.3, -0.25) is 9.55 Å². The van der Waals surface area contributed by atoms with Crippen molar-refractivity contribution in [3.63, 3.8) is 0 Å². The standard InChI is InChI=1S/C14H12ClN3/c1-10-6-14(11(7-15)8-16-10)18-9-17-12-4-2-3-5-13(12)18/h2-6,8-9H,7H2,1H3. The number of hydrogen-bond acceptors (Lipinski definition) is 2. The van der Waals surface area contributed by atoms with Gasteiger partial charge >= 0.3 is 0 Å². The first kappa shape index (κ1) is 11.2. The first-order chi connectivity index (χ1) is 8.79. The zero-order valence-electron chi connectivity index (χ0n) is 9.97. The van der Waals surface area contributed by atoms with Crippen LogP contribution in [0.4, 0.5) is 0 Å². The maximum atomic E-state index is 5.98. The molecule has 2 aromatic heterocycles. The number of hydrogen-bond donors (Lipinski definition) is 0. The molecule has 0 bridgehead atoms. The SMILES string of the molecule is Cc1cc(-n2cnc3ccccc32)c(CCl)cn1. The molecular weight excluding hydrogens is 246 g/mol. The molecule has 3 aromatic rings. The van der Waals surface area contributed by atoms with Crippen LogP contribution >= 0.6 is 11.6 Å². The van der Waals surface area contributed by atoms with Gasteiger partial charge in [-0.05, 0) is 25.1 Å². The highest BCUT2D eigenvalue weighted by atomic mass is 35.5. The summed E-state index contributed by atoms with van der Waals surface area (Å²) < 4.78 is 2.06. The summed E-state index contributed by atoms with van der Waals surface area (Å²) in [6.07, 6.45) is 3.65. The topological polar surface area (TPSA) is 30.7 Å². The number of aryl methyl sites for hydroxylation is 1. The summed E-state index contributed by atoms with van der Waals surface area (Å²) in [5.41, 5.74) is 5.08. The molecule has 0 spiro atoms. The fraction of sp³-hybridized carbons (Fsp3) is 0.143. The zero-order valence-corrected chi connectivity index (χ0v) is 10.7. The molecule has 0 unspecified atom stereocenters. The summed E-state index contributed by atoms with van der Waals surface area (Å²) in [6, 6.07) is 10.1. The summed E-state index contributed by atoms with van der Waals surface area (Å²) in [4.78, 5) is 8.68. The summed E-state index contributed by atoms with van der Waals surface area (Å²) in [6.45, 7) is 1.97. The molecule has 0 aliphatic carbocycles. The molecule has 0 saturated carbocycles. The fourth-order valence-corrected chi connectivity index (χ4v) is 2.26. The molecule has 0 fully saturated rings. The first-order valence-corrected chi connectivity index (χ1v) is 6.27. The van der Waals surface area contributed by atoms with E-state index in [2.05, 4.69) is 20.6 Å². The van der Waals surface area contributed by atoms with Gasteiger partial charge in [0.05, 0.1) is 22.6 Å². The molecule has 0 aliphatic heterocycles. The molecule has 4 heteroatoms. The number of nitrogens with zero attached hydrogens (tertiary/aromatic N) is 3. The van der Waals surface area contributed by atoms with Crippen molar-refractivity contribution < 1.29 is 0 Å². The molecule has 18 heavy (non-hydrogen) atoms. The second-order valence-electron chi connectivity index (χ2n) is 4.19. The smallest absolute Gasteiger partial charge is 0.100 e. The van der Waals surface area contributed by atoms with Crippen LogP contribution in [0.25, 0.3) is 16.7 Å². The van der Waals surface area contributed by atoms with E-state index in [1.54, 1.807) is 0 Å². The van der Waals surface area contributed by atoms with E-state index in [-0.39, 0.29) is 0 Å². The number of rotatable bonds is 2. The number of aromatic nitrogens is 3. The van der Waals surface area contributed by atoms with Crippen LogP contribution < -0.4 is 0 Å². The van der Waals surface area contributed by atoms with Crippen molar-refractivity contribution in [2.24, 2.45) is 0 Å². The monoisotopic (exact) mass is 257 g/mol. The summed E-state index contributed by atoms with van der Waals surface area (Å²) in [5, 5.41) is 0. The Morgan fingerprint density at radius 2 is 2.06 bits per heavy atom. The number of benzene rings is 1. The van der Waals surface area contributed by atoms with Crippen LogP contribution in [0.1, 0.15) is 11.3 Å². The van der Waals surface area contributed by atoms with Crippen LogP contribution in [0.3, 0.4) is 0 Å². The van der Waals surface area contributed by atoms with Crippen LogP contribution in [0.2, 0.25) is 0 Å². The third-order valence-corrected chi connectivity index (χ3v) is 3.24. The van der Waals surface area contributed by atoms with E-state index in [0.29, 0.717) is 5.88 Å². The van der Waals surface area contributed by atoms with Crippen LogP contribution in [-0.4, -0.2) is 14.5 Å². The van der Waals surface area contributed by atoms with Crippen molar-refractivity contribution in [3.8, 4) is 5.69 Å². The number of para-hydroxylation sites is 2. The van der Waals surface area contributed by atoms with Gasteiger partial charge in [-0.1, -0.05) is 12.1 Å². The summed E-state index contributed by atoms with van der Waals surface area (Å²) in [7, 11) is 0. The lowest BCUT2D eigenvalue weighted by atomic mass is 10.2. The molecule has 0 radical (unpaired) electrons. The van der Waals surface area contributed by atoms with Crippen LogP contribution in [0, 0.1) is 6.92 Å². The van der Waals surface area contributed by atoms with Crippen molar-refractivity contribution in [1.29, 1.82) is 0 Å². The molecule has 0 saturated heterocycles. The van der Waals surface area contributed by atoms with Gasteiger partial charge in [-0.25, -0.2) is 4.98 Å². The zero-order chi connectivity index (χ0) is 12.5. The lowest BCUT2D eigenvalue weighted by molar-refractivity contribution is 1.03. The van der Waals surface area contributed by atoms with Gasteiger partial charge < -0.3 is 0 Å². The Balaban J connectivity index is 2.29. The molecule has 3 rings (SSSR count). The molecule has 2 heterocycles. The van der Waals surface area contributed by atoms with Crippen molar-refractivity contribution in [1.82, 2.24) is 14.5 Å². The quantitative estimate of drug-likeness (QED) is 0.658. The number of alkyl halides is 1. The lowest BCUT2D eigenvalue weighted by Gasteiger charge is -2.09. The van der Waals surface area contributed by atoms with Gasteiger partial charge in [-0.2, -0.15) is 0 Å². The molecular formula is C14H12ClN3. The third-order valence-electron chi connectivity index (χ3n) is 2.96. The van der Waals surface area contributed by atoms with E-state index < -0.39 is 0 Å². The Bertz CT molecular complexity index is 703. The summed E-state index contributed by atoms with van der Waals surface area (Å²) >= 11 is 5.98. The fourth-order valence-electron chi connectivity index (χ4n) is 2.05. The molecule has 0 aliphatic rings. The first-order valence-electron chi connectivity index (χ1n) is 5.73. The van der Waals surface area contributed by atoms with Crippen LogP contribution in [-0.2, 0) is 5.88 Å². The normalized spacial score (nSPS) is 11.0. The minimum absolute atomic E-state index is 0.440. The third kappa shape index (κ3) is 1.77. The largest absolute Gasteiger partial charge is 0.298 e. The van der Waals surface area contributed by atoms with E-state index in [4.69, 9.17) is 11.6 Å². The Hall–Kier alpha value is -1.87. The number of pyridine rings is 1. The highest BCUT2D eigenvalue weighted by Crippen LogP contribution is 2.22. The molecule has 0 amide bonds. The Kier molecular flexibility index (Phi) is 2.76. The Morgan fingerprint density at radius 1 is 1.22 bits per heavy atom. The maximum Gasteiger partial charge on any atom is 0.100 e. The summed E-state index contributed by atoms with van der Waals surface area (Å²) in [5.74, 6) is 0.440. The second kappa shape index (κ2) is 4.42. The highest BCUT2D eigenvalue weighted by molar-refractivity contribution is 6.17. The molecule has 1 aromatic carbocycles. The molecule has 3 nitrogen and oxygen atoms in total. The molecule has 0 atom stereocenters. The van der Waals surface area contributed by atoms with Gasteiger partial charge in [0.1, 0.15) is 6.33 Å². The van der Waals surface area contributed by atoms with E-state index in [0.717, 1.165) is 28.0 Å². The van der Waals surface area contributed by atoms with Gasteiger partial charge in [-0.15, -0.1) is 11.6 Å². The predicted molar refractivity (Wildman–Crippen MR) is 73.2 cm³/mol. The van der Waals surface area contributed by atoms with E-state index in [1.165, 1.54) is 0 Å². The van der Waals surface area contributed by atoms with E-state index >= 15 is 0 Å². The van der Waals surface area contributed by atoms with Crippen LogP contribution in [0.15, 0.2) is 42.9 Å². The minimum Gasteiger partial charge on any atom is -0.298 e. The van der Waals surface area contributed by atoms with Crippen molar-refractivity contribution in [2.75, 3.05) is 0 Å². The lowest BCUT2D eigenvalue weighted by Crippen LogP contribution is -1.99. The van der Waals surface area contributed by atoms with Gasteiger partial charge in [0.2, 0.25) is 0 Å².